The van der Waals surface area contributed by atoms with Crippen LogP contribution in [0.5, 0.6) is 11.5 Å². The van der Waals surface area contributed by atoms with E-state index in [2.05, 4.69) is 22.6 Å². The molecule has 30 heavy (non-hydrogen) atoms. The smallest absolute Gasteiger partial charge is 0.335 e. The van der Waals surface area contributed by atoms with Crippen molar-refractivity contribution in [3.8, 4) is 22.6 Å². The topological polar surface area (TPSA) is 71.1 Å². The molecule has 2 aromatic rings. The first-order valence-corrected chi connectivity index (χ1v) is 8.33. The van der Waals surface area contributed by atoms with Gasteiger partial charge in [0.25, 0.3) is 0 Å². The van der Waals surface area contributed by atoms with Crippen LogP contribution in [0.4, 0.5) is 8.78 Å². The van der Waals surface area contributed by atoms with Crippen molar-refractivity contribution in [2.75, 3.05) is 0 Å². The summed E-state index contributed by atoms with van der Waals surface area (Å²) in [6.07, 6.45) is 5.88. The predicted molar refractivity (Wildman–Crippen MR) is 104 cm³/mol. The Labute approximate surface area is 170 Å². The summed E-state index contributed by atoms with van der Waals surface area (Å²) in [6.45, 7) is 6.45. The molecule has 0 aromatic heterocycles. The van der Waals surface area contributed by atoms with Crippen LogP contribution in [0.2, 0.25) is 0 Å². The van der Waals surface area contributed by atoms with Gasteiger partial charge in [0.05, 0.1) is 0 Å². The van der Waals surface area contributed by atoms with E-state index in [0.717, 1.165) is 49.3 Å². The predicted octanol–water partition coefficient (Wildman–Crippen LogP) is 4.79. The Morgan fingerprint density at radius 3 is 1.97 bits per heavy atom. The molecule has 0 heterocycles. The number of hydrogen-bond acceptors (Lipinski definition) is 6. The summed E-state index contributed by atoms with van der Waals surface area (Å²) in [5, 5.41) is 0. The van der Waals surface area contributed by atoms with E-state index in [1.807, 2.05) is 0 Å². The first-order valence-electron chi connectivity index (χ1n) is 8.33. The van der Waals surface area contributed by atoms with Gasteiger partial charge < -0.3 is 18.9 Å². The molecule has 2 aromatic carbocycles. The highest BCUT2D eigenvalue weighted by Crippen LogP contribution is 2.29. The Bertz CT molecular complexity index is 1010. The van der Waals surface area contributed by atoms with E-state index >= 15 is 0 Å². The highest BCUT2D eigenvalue weighted by molar-refractivity contribution is 5.82. The molecule has 0 aliphatic rings. The van der Waals surface area contributed by atoms with Gasteiger partial charge in [-0.15, -0.1) is 0 Å². The number of rotatable bonds is 9. The number of hydrogen-bond donors (Lipinski definition) is 0. The minimum Gasteiger partial charge on any atom is -0.462 e. The highest BCUT2D eigenvalue weighted by Gasteiger charge is 2.10. The lowest BCUT2D eigenvalue weighted by Gasteiger charge is -2.08. The van der Waals surface area contributed by atoms with Crippen LogP contribution in [0.3, 0.4) is 0 Å². The molecular formula is C22H16F2O6. The number of ether oxygens (including phenoxy) is 4. The molecule has 0 saturated carbocycles. The van der Waals surface area contributed by atoms with Gasteiger partial charge in [-0.05, 0) is 29.8 Å². The van der Waals surface area contributed by atoms with E-state index in [9.17, 15) is 18.4 Å². The van der Waals surface area contributed by atoms with Crippen molar-refractivity contribution < 1.29 is 37.3 Å². The van der Waals surface area contributed by atoms with E-state index in [1.54, 1.807) is 0 Å². The van der Waals surface area contributed by atoms with Crippen LogP contribution in [0, 0.1) is 11.6 Å². The summed E-state index contributed by atoms with van der Waals surface area (Å²) in [5.74, 6) is -2.78. The van der Waals surface area contributed by atoms with Crippen LogP contribution in [0.1, 0.15) is 0 Å². The van der Waals surface area contributed by atoms with Crippen molar-refractivity contribution in [2.24, 2.45) is 0 Å². The Morgan fingerprint density at radius 2 is 1.40 bits per heavy atom. The summed E-state index contributed by atoms with van der Waals surface area (Å²) in [7, 11) is 0. The molecule has 154 valence electrons. The van der Waals surface area contributed by atoms with Crippen molar-refractivity contribution in [2.45, 2.75) is 0 Å². The average molecular weight is 414 g/mol. The number of esters is 2. The minimum atomic E-state index is -0.751. The molecule has 0 amide bonds. The first-order chi connectivity index (χ1) is 14.4. The molecule has 8 heteroatoms. The molecular weight excluding hydrogens is 398 g/mol. The molecule has 0 aliphatic heterocycles. The molecule has 0 spiro atoms. The van der Waals surface area contributed by atoms with E-state index in [0.29, 0.717) is 0 Å². The van der Waals surface area contributed by atoms with Gasteiger partial charge in [0.1, 0.15) is 36.6 Å². The minimum absolute atomic E-state index is 0.130. The van der Waals surface area contributed by atoms with Crippen LogP contribution >= 0.6 is 0 Å². The Hall–Kier alpha value is -4.20. The van der Waals surface area contributed by atoms with Crippen molar-refractivity contribution in [3.05, 3.63) is 98.4 Å². The van der Waals surface area contributed by atoms with Gasteiger partial charge in [-0.1, -0.05) is 19.2 Å². The fourth-order valence-electron chi connectivity index (χ4n) is 2.06. The number of carbonyl (C=O) groups excluding carboxylic acids is 2. The summed E-state index contributed by atoms with van der Waals surface area (Å²) >= 11 is 0. The second kappa shape index (κ2) is 11.0. The van der Waals surface area contributed by atoms with E-state index in [4.69, 9.17) is 9.47 Å². The third-order valence-electron chi connectivity index (χ3n) is 3.40. The molecule has 0 unspecified atom stereocenters. The molecule has 2 rings (SSSR count). The highest BCUT2D eigenvalue weighted by atomic mass is 19.1. The van der Waals surface area contributed by atoms with Crippen LogP contribution < -0.4 is 9.47 Å². The lowest BCUT2D eigenvalue weighted by atomic mass is 10.0. The summed E-state index contributed by atoms with van der Waals surface area (Å²) in [5.41, 5.74) is 0.395. The van der Waals surface area contributed by atoms with Crippen molar-refractivity contribution in [1.82, 2.24) is 0 Å². The van der Waals surface area contributed by atoms with E-state index in [-0.39, 0.29) is 22.6 Å². The molecule has 0 bridgehead atoms. The molecule has 0 radical (unpaired) electrons. The maximum atomic E-state index is 14.4. The number of benzene rings is 2. The third kappa shape index (κ3) is 6.45. The number of halogens is 2. The van der Waals surface area contributed by atoms with Gasteiger partial charge in [0.2, 0.25) is 0 Å². The monoisotopic (exact) mass is 414 g/mol. The zero-order chi connectivity index (χ0) is 21.9. The molecule has 0 N–H and O–H groups in total. The van der Waals surface area contributed by atoms with Gasteiger partial charge in [-0.2, -0.15) is 0 Å². The van der Waals surface area contributed by atoms with Gasteiger partial charge >= 0.3 is 11.9 Å². The molecule has 0 atom stereocenters. The summed E-state index contributed by atoms with van der Waals surface area (Å²) in [4.78, 5) is 21.7. The Morgan fingerprint density at radius 1 is 0.767 bits per heavy atom. The maximum absolute atomic E-state index is 14.4. The van der Waals surface area contributed by atoms with Crippen LogP contribution in [0.25, 0.3) is 11.1 Å². The SMILES string of the molecule is C=CC(=O)OC=COc1ccc(-c2ccc(OC=COC(=O)C=C)c(F)c2)c(F)c1. The van der Waals surface area contributed by atoms with Gasteiger partial charge in [0.15, 0.2) is 11.6 Å². The van der Waals surface area contributed by atoms with Crippen LogP contribution in [-0.2, 0) is 19.1 Å². The lowest BCUT2D eigenvalue weighted by Crippen LogP contribution is -1.94. The average Bonchev–Trinajstić information content (AvgIpc) is 2.74. The maximum Gasteiger partial charge on any atom is 0.335 e. The summed E-state index contributed by atoms with van der Waals surface area (Å²) < 4.78 is 47.9. The van der Waals surface area contributed by atoms with Gasteiger partial charge in [0, 0.05) is 23.8 Å². The van der Waals surface area contributed by atoms with Gasteiger partial charge in [-0.25, -0.2) is 18.4 Å². The fourth-order valence-corrected chi connectivity index (χ4v) is 2.06. The molecule has 0 fully saturated rings. The molecule has 0 aliphatic carbocycles. The third-order valence-corrected chi connectivity index (χ3v) is 3.40. The number of carbonyl (C=O) groups is 2. The van der Waals surface area contributed by atoms with Crippen molar-refractivity contribution in [1.29, 1.82) is 0 Å². The van der Waals surface area contributed by atoms with E-state index in [1.165, 1.54) is 24.3 Å². The Kier molecular flexibility index (Phi) is 8.07. The fraction of sp³-hybridized carbons (Fsp3) is 0. The second-order valence-corrected chi connectivity index (χ2v) is 5.35. The quantitative estimate of drug-likeness (QED) is 0.334. The van der Waals surface area contributed by atoms with E-state index < -0.39 is 23.6 Å². The van der Waals surface area contributed by atoms with Gasteiger partial charge in [-0.3, -0.25) is 0 Å². The second-order valence-electron chi connectivity index (χ2n) is 5.35. The summed E-state index contributed by atoms with van der Waals surface area (Å²) in [6, 6.07) is 7.79. The standard InChI is InChI=1S/C22H16F2O6/c1-3-21(25)29-11-9-27-16-6-7-17(18(23)14-16)15-5-8-20(19(24)13-15)28-10-12-30-22(26)4-2/h3-14H,1-2H2. The molecule has 6 nitrogen and oxygen atoms in total. The zero-order valence-electron chi connectivity index (χ0n) is 15.5. The first kappa shape index (κ1) is 22.1. The lowest BCUT2D eigenvalue weighted by molar-refractivity contribution is -0.133. The van der Waals surface area contributed by atoms with Crippen molar-refractivity contribution in [3.63, 3.8) is 0 Å². The largest absolute Gasteiger partial charge is 0.462 e. The normalized spacial score (nSPS) is 10.6. The van der Waals surface area contributed by atoms with Crippen molar-refractivity contribution >= 4 is 11.9 Å². The van der Waals surface area contributed by atoms with Crippen LogP contribution in [-0.4, -0.2) is 11.9 Å². The van der Waals surface area contributed by atoms with Crippen LogP contribution in [0.15, 0.2) is 86.8 Å². The Balaban J connectivity index is 2.05. The zero-order valence-corrected chi connectivity index (χ0v) is 15.5. The molecule has 0 saturated heterocycles.